The monoisotopic (exact) mass is 428 g/mol. The van der Waals surface area contributed by atoms with Crippen molar-refractivity contribution in [3.63, 3.8) is 0 Å². The SMILES string of the molecule is Nc1ccc(-c2ccccc2)c(Nc2cccc(-c3cccc(-c4ccccc4O)c3)c2)c1. The Morgan fingerprint density at radius 3 is 2.00 bits per heavy atom. The Labute approximate surface area is 193 Å². The van der Waals surface area contributed by atoms with Crippen LogP contribution in [0.1, 0.15) is 0 Å². The second-order valence-corrected chi connectivity index (χ2v) is 7.97. The summed E-state index contributed by atoms with van der Waals surface area (Å²) in [5.74, 6) is 0.278. The molecule has 5 aromatic rings. The molecule has 0 unspecified atom stereocenters. The lowest BCUT2D eigenvalue weighted by atomic mass is 9.98. The number of hydrogen-bond donors (Lipinski definition) is 3. The van der Waals surface area contributed by atoms with Gasteiger partial charge in [0, 0.05) is 28.2 Å². The smallest absolute Gasteiger partial charge is 0.123 e. The fourth-order valence-corrected chi connectivity index (χ4v) is 4.05. The molecule has 0 spiro atoms. The minimum Gasteiger partial charge on any atom is -0.507 e. The van der Waals surface area contributed by atoms with Gasteiger partial charge in [-0.3, -0.25) is 0 Å². The molecule has 160 valence electrons. The maximum absolute atomic E-state index is 10.3. The zero-order valence-corrected chi connectivity index (χ0v) is 18.1. The first-order valence-electron chi connectivity index (χ1n) is 10.9. The van der Waals surface area contributed by atoms with Gasteiger partial charge in [-0.15, -0.1) is 0 Å². The number of para-hydroxylation sites is 1. The van der Waals surface area contributed by atoms with E-state index in [9.17, 15) is 5.11 Å². The van der Waals surface area contributed by atoms with Crippen LogP contribution in [0.5, 0.6) is 5.75 Å². The van der Waals surface area contributed by atoms with Crippen molar-refractivity contribution in [3.8, 4) is 39.1 Å². The van der Waals surface area contributed by atoms with Gasteiger partial charge >= 0.3 is 0 Å². The standard InChI is InChI=1S/C30H24N2O/c31-25-16-17-27(21-8-2-1-3-9-21)29(20-25)32-26-13-7-11-23(19-26)22-10-6-12-24(18-22)28-14-4-5-15-30(28)33/h1-20,32-33H,31H2. The Morgan fingerprint density at radius 2 is 1.18 bits per heavy atom. The highest BCUT2D eigenvalue weighted by molar-refractivity contribution is 5.84. The summed E-state index contributed by atoms with van der Waals surface area (Å²) in [5.41, 5.74) is 14.9. The van der Waals surface area contributed by atoms with Crippen LogP contribution in [0.15, 0.2) is 121 Å². The molecule has 0 aliphatic rings. The topological polar surface area (TPSA) is 58.3 Å². The van der Waals surface area contributed by atoms with Gasteiger partial charge in [0.15, 0.2) is 0 Å². The van der Waals surface area contributed by atoms with Crippen LogP contribution >= 0.6 is 0 Å². The molecule has 5 aromatic carbocycles. The maximum atomic E-state index is 10.3. The fraction of sp³-hybridized carbons (Fsp3) is 0. The van der Waals surface area contributed by atoms with E-state index in [1.165, 1.54) is 0 Å². The van der Waals surface area contributed by atoms with Crippen molar-refractivity contribution in [2.24, 2.45) is 0 Å². The molecule has 0 atom stereocenters. The summed E-state index contributed by atoms with van der Waals surface area (Å²) in [4.78, 5) is 0. The Morgan fingerprint density at radius 1 is 0.515 bits per heavy atom. The van der Waals surface area contributed by atoms with E-state index < -0.39 is 0 Å². The van der Waals surface area contributed by atoms with Crippen LogP contribution in [0.4, 0.5) is 17.1 Å². The predicted molar refractivity (Wildman–Crippen MR) is 139 cm³/mol. The number of nitrogens with two attached hydrogens (primary N) is 1. The highest BCUT2D eigenvalue weighted by Crippen LogP contribution is 2.35. The maximum Gasteiger partial charge on any atom is 0.123 e. The van der Waals surface area contributed by atoms with Gasteiger partial charge in [-0.25, -0.2) is 0 Å². The van der Waals surface area contributed by atoms with E-state index in [0.717, 1.165) is 44.8 Å². The van der Waals surface area contributed by atoms with Crippen molar-refractivity contribution in [3.05, 3.63) is 121 Å². The van der Waals surface area contributed by atoms with Crippen molar-refractivity contribution in [2.45, 2.75) is 0 Å². The van der Waals surface area contributed by atoms with Crippen LogP contribution in [0.25, 0.3) is 33.4 Å². The van der Waals surface area contributed by atoms with Crippen LogP contribution in [-0.4, -0.2) is 5.11 Å². The second kappa shape index (κ2) is 8.93. The zero-order valence-electron chi connectivity index (χ0n) is 18.1. The van der Waals surface area contributed by atoms with Crippen LogP contribution in [0, 0.1) is 0 Å². The average Bonchev–Trinajstić information content (AvgIpc) is 2.85. The lowest BCUT2D eigenvalue weighted by molar-refractivity contribution is 0.477. The van der Waals surface area contributed by atoms with Gasteiger partial charge in [0.2, 0.25) is 0 Å². The molecule has 4 N–H and O–H groups in total. The molecule has 0 saturated heterocycles. The number of phenols is 1. The van der Waals surface area contributed by atoms with Gasteiger partial charge in [0.25, 0.3) is 0 Å². The van der Waals surface area contributed by atoms with Crippen molar-refractivity contribution >= 4 is 17.1 Å². The number of nitrogens with one attached hydrogen (secondary N) is 1. The number of benzene rings is 5. The molecule has 0 saturated carbocycles. The first-order valence-corrected chi connectivity index (χ1v) is 10.9. The van der Waals surface area contributed by atoms with E-state index in [0.29, 0.717) is 5.69 Å². The molecule has 0 heterocycles. The average molecular weight is 429 g/mol. The summed E-state index contributed by atoms with van der Waals surface area (Å²) in [5, 5.41) is 13.8. The third-order valence-electron chi connectivity index (χ3n) is 5.68. The summed E-state index contributed by atoms with van der Waals surface area (Å²) in [6.45, 7) is 0. The van der Waals surface area contributed by atoms with Crippen LogP contribution in [0.2, 0.25) is 0 Å². The quantitative estimate of drug-likeness (QED) is 0.251. The largest absolute Gasteiger partial charge is 0.507 e. The first kappa shape index (κ1) is 20.4. The normalized spacial score (nSPS) is 10.7. The second-order valence-electron chi connectivity index (χ2n) is 7.97. The third kappa shape index (κ3) is 4.43. The summed E-state index contributed by atoms with van der Waals surface area (Å²) in [6, 6.07) is 40.1. The Kier molecular flexibility index (Phi) is 5.52. The number of rotatable bonds is 5. The van der Waals surface area contributed by atoms with Gasteiger partial charge in [-0.2, -0.15) is 0 Å². The first-order chi connectivity index (χ1) is 16.2. The molecule has 5 rings (SSSR count). The summed E-state index contributed by atoms with van der Waals surface area (Å²) >= 11 is 0. The Bertz CT molecular complexity index is 1410. The van der Waals surface area contributed by atoms with Crippen molar-refractivity contribution in [2.75, 3.05) is 11.1 Å². The lowest BCUT2D eigenvalue weighted by Gasteiger charge is -2.15. The lowest BCUT2D eigenvalue weighted by Crippen LogP contribution is -1.96. The molecule has 0 radical (unpaired) electrons. The van der Waals surface area contributed by atoms with E-state index in [1.54, 1.807) is 6.07 Å². The van der Waals surface area contributed by atoms with E-state index in [4.69, 9.17) is 5.73 Å². The molecule has 3 heteroatoms. The Balaban J connectivity index is 1.49. The number of aromatic hydroxyl groups is 1. The molecule has 0 aromatic heterocycles. The highest BCUT2D eigenvalue weighted by Gasteiger charge is 2.09. The molecule has 0 bridgehead atoms. The van der Waals surface area contributed by atoms with E-state index in [-0.39, 0.29) is 5.75 Å². The molecule has 0 fully saturated rings. The summed E-state index contributed by atoms with van der Waals surface area (Å²) in [7, 11) is 0. The number of phenolic OH excluding ortho intramolecular Hbond substituents is 1. The van der Waals surface area contributed by atoms with Crippen molar-refractivity contribution < 1.29 is 5.11 Å². The van der Waals surface area contributed by atoms with E-state index in [2.05, 4.69) is 41.7 Å². The van der Waals surface area contributed by atoms with Crippen LogP contribution in [-0.2, 0) is 0 Å². The molecule has 0 aliphatic carbocycles. The van der Waals surface area contributed by atoms with Gasteiger partial charge < -0.3 is 16.2 Å². The number of hydrogen-bond acceptors (Lipinski definition) is 3. The van der Waals surface area contributed by atoms with Gasteiger partial charge in [0.1, 0.15) is 5.75 Å². The molecular weight excluding hydrogens is 404 g/mol. The summed E-state index contributed by atoms with van der Waals surface area (Å²) < 4.78 is 0. The molecule has 33 heavy (non-hydrogen) atoms. The van der Waals surface area contributed by atoms with Gasteiger partial charge in [-0.1, -0.05) is 84.9 Å². The highest BCUT2D eigenvalue weighted by atomic mass is 16.3. The number of nitrogen functional groups attached to an aromatic ring is 1. The van der Waals surface area contributed by atoms with Gasteiger partial charge in [0.05, 0.1) is 0 Å². The predicted octanol–water partition coefficient (Wildman–Crippen LogP) is 7.72. The van der Waals surface area contributed by atoms with Crippen LogP contribution in [0.3, 0.4) is 0 Å². The van der Waals surface area contributed by atoms with E-state index >= 15 is 0 Å². The molecule has 0 aliphatic heterocycles. The van der Waals surface area contributed by atoms with Crippen molar-refractivity contribution in [1.82, 2.24) is 0 Å². The minimum atomic E-state index is 0.278. The van der Waals surface area contributed by atoms with E-state index in [1.807, 2.05) is 78.9 Å². The Hall–Kier alpha value is -4.50. The van der Waals surface area contributed by atoms with Gasteiger partial charge in [-0.05, 0) is 58.7 Å². The van der Waals surface area contributed by atoms with Crippen LogP contribution < -0.4 is 11.1 Å². The van der Waals surface area contributed by atoms with Crippen molar-refractivity contribution in [1.29, 1.82) is 0 Å². The third-order valence-corrected chi connectivity index (χ3v) is 5.68. The fourth-order valence-electron chi connectivity index (χ4n) is 4.05. The molecular formula is C30H24N2O. The zero-order chi connectivity index (χ0) is 22.6. The molecule has 0 amide bonds. The summed E-state index contributed by atoms with van der Waals surface area (Å²) in [6.07, 6.45) is 0. The number of anilines is 3. The molecule has 3 nitrogen and oxygen atoms in total. The minimum absolute atomic E-state index is 0.278.